The molecule has 0 fully saturated rings. The summed E-state index contributed by atoms with van der Waals surface area (Å²) in [5.74, 6) is -0.0511. The van der Waals surface area contributed by atoms with Crippen LogP contribution in [-0.4, -0.2) is 18.0 Å². The molecule has 0 unspecified atom stereocenters. The molecule has 1 aromatic rings. The van der Waals surface area contributed by atoms with Gasteiger partial charge in [0, 0.05) is 22.3 Å². The second kappa shape index (κ2) is 4.11. The lowest BCUT2D eigenvalue weighted by molar-refractivity contribution is 0.0916. The molecule has 1 amide bonds. The summed E-state index contributed by atoms with van der Waals surface area (Å²) in [6.07, 6.45) is 0. The van der Waals surface area contributed by atoms with Crippen LogP contribution in [0.1, 0.15) is 29.1 Å². The van der Waals surface area contributed by atoms with Crippen molar-refractivity contribution in [1.82, 2.24) is 5.32 Å². The minimum atomic E-state index is -0.340. The monoisotopic (exact) mass is 212 g/mol. The highest BCUT2D eigenvalue weighted by atomic mass is 32.1. The van der Waals surface area contributed by atoms with Crippen molar-refractivity contribution in [3.63, 3.8) is 0 Å². The Morgan fingerprint density at radius 2 is 2.29 bits per heavy atom. The van der Waals surface area contributed by atoms with Gasteiger partial charge in [-0.25, -0.2) is 0 Å². The van der Waals surface area contributed by atoms with Crippen LogP contribution in [0.3, 0.4) is 0 Å². The fraction of sp³-hybridized carbons (Fsp3) is 0.500. The van der Waals surface area contributed by atoms with Crippen molar-refractivity contribution >= 4 is 17.2 Å². The van der Waals surface area contributed by atoms with Crippen LogP contribution in [0.4, 0.5) is 0 Å². The van der Waals surface area contributed by atoms with Gasteiger partial charge in [-0.15, -0.1) is 11.3 Å². The predicted molar refractivity (Wildman–Crippen MR) is 59.7 cm³/mol. The van der Waals surface area contributed by atoms with E-state index in [1.165, 1.54) is 0 Å². The summed E-state index contributed by atoms with van der Waals surface area (Å²) >= 11 is 1.57. The second-order valence-electron chi connectivity index (χ2n) is 3.99. The normalized spacial score (nSPS) is 11.4. The molecule has 0 saturated heterocycles. The zero-order valence-electron chi connectivity index (χ0n) is 8.76. The first-order chi connectivity index (χ1) is 6.44. The van der Waals surface area contributed by atoms with Gasteiger partial charge in [0.05, 0.1) is 5.56 Å². The van der Waals surface area contributed by atoms with Crippen LogP contribution in [0.5, 0.6) is 0 Å². The Bertz CT molecular complexity index is 331. The number of carbonyl (C=O) groups is 1. The molecule has 0 radical (unpaired) electrons. The van der Waals surface area contributed by atoms with Crippen molar-refractivity contribution in [1.29, 1.82) is 0 Å². The summed E-state index contributed by atoms with van der Waals surface area (Å²) in [7, 11) is 0. The van der Waals surface area contributed by atoms with E-state index >= 15 is 0 Å². The summed E-state index contributed by atoms with van der Waals surface area (Å²) in [6, 6.07) is 1.88. The van der Waals surface area contributed by atoms with E-state index in [1.807, 2.05) is 32.2 Å². The SMILES string of the molecule is Cc1cc(C(=O)NC(C)(C)CN)cs1. The molecule has 78 valence electrons. The average Bonchev–Trinajstić information content (AvgIpc) is 2.51. The molecule has 0 atom stereocenters. The van der Waals surface area contributed by atoms with E-state index in [2.05, 4.69) is 5.32 Å². The number of hydrogen-bond donors (Lipinski definition) is 2. The molecule has 0 aliphatic carbocycles. The quantitative estimate of drug-likeness (QED) is 0.798. The minimum Gasteiger partial charge on any atom is -0.346 e. The summed E-state index contributed by atoms with van der Waals surface area (Å²) in [4.78, 5) is 12.8. The first-order valence-corrected chi connectivity index (χ1v) is 5.40. The second-order valence-corrected chi connectivity index (χ2v) is 5.10. The zero-order valence-corrected chi connectivity index (χ0v) is 9.57. The van der Waals surface area contributed by atoms with Crippen molar-refractivity contribution in [2.45, 2.75) is 26.3 Å². The van der Waals surface area contributed by atoms with Crippen molar-refractivity contribution in [2.24, 2.45) is 5.73 Å². The van der Waals surface area contributed by atoms with Gasteiger partial charge in [0.25, 0.3) is 5.91 Å². The standard InChI is InChI=1S/C10H16N2OS/c1-7-4-8(5-14-7)9(13)12-10(2,3)6-11/h4-5H,6,11H2,1-3H3,(H,12,13). The number of amides is 1. The molecule has 3 nitrogen and oxygen atoms in total. The largest absolute Gasteiger partial charge is 0.346 e. The van der Waals surface area contributed by atoms with Crippen LogP contribution in [-0.2, 0) is 0 Å². The molecule has 1 heterocycles. The number of carbonyl (C=O) groups excluding carboxylic acids is 1. The minimum absolute atomic E-state index is 0.0511. The molecular formula is C10H16N2OS. The number of nitrogens with one attached hydrogen (secondary N) is 1. The highest BCUT2D eigenvalue weighted by Gasteiger charge is 2.19. The highest BCUT2D eigenvalue weighted by Crippen LogP contribution is 2.13. The van der Waals surface area contributed by atoms with Gasteiger partial charge >= 0.3 is 0 Å². The molecule has 0 aromatic carbocycles. The number of hydrogen-bond acceptors (Lipinski definition) is 3. The molecule has 0 bridgehead atoms. The van der Waals surface area contributed by atoms with E-state index in [4.69, 9.17) is 5.73 Å². The molecule has 1 rings (SSSR count). The highest BCUT2D eigenvalue weighted by molar-refractivity contribution is 7.10. The first-order valence-electron chi connectivity index (χ1n) is 4.52. The maximum Gasteiger partial charge on any atom is 0.252 e. The maximum atomic E-state index is 11.7. The van der Waals surface area contributed by atoms with Gasteiger partial charge < -0.3 is 11.1 Å². The Kier molecular flexibility index (Phi) is 3.29. The van der Waals surface area contributed by atoms with Crippen LogP contribution in [0.2, 0.25) is 0 Å². The van der Waals surface area contributed by atoms with Crippen molar-refractivity contribution in [3.8, 4) is 0 Å². The van der Waals surface area contributed by atoms with Gasteiger partial charge in [-0.05, 0) is 26.8 Å². The van der Waals surface area contributed by atoms with Gasteiger partial charge in [0.1, 0.15) is 0 Å². The van der Waals surface area contributed by atoms with Gasteiger partial charge in [-0.1, -0.05) is 0 Å². The third-order valence-corrected chi connectivity index (χ3v) is 2.82. The van der Waals surface area contributed by atoms with Gasteiger partial charge in [-0.2, -0.15) is 0 Å². The topological polar surface area (TPSA) is 55.1 Å². The third kappa shape index (κ3) is 2.82. The third-order valence-electron chi connectivity index (χ3n) is 1.95. The number of nitrogens with two attached hydrogens (primary N) is 1. The van der Waals surface area contributed by atoms with Gasteiger partial charge in [-0.3, -0.25) is 4.79 Å². The fourth-order valence-corrected chi connectivity index (χ4v) is 1.68. The Morgan fingerprint density at radius 1 is 1.64 bits per heavy atom. The van der Waals surface area contributed by atoms with E-state index in [0.29, 0.717) is 12.1 Å². The molecule has 0 spiro atoms. The van der Waals surface area contributed by atoms with E-state index < -0.39 is 0 Å². The first kappa shape index (κ1) is 11.2. The predicted octanol–water partition coefficient (Wildman–Crippen LogP) is 1.52. The summed E-state index contributed by atoms with van der Waals surface area (Å²) in [5.41, 5.74) is 5.90. The molecule has 14 heavy (non-hydrogen) atoms. The van der Waals surface area contributed by atoms with Crippen molar-refractivity contribution in [2.75, 3.05) is 6.54 Å². The smallest absolute Gasteiger partial charge is 0.252 e. The average molecular weight is 212 g/mol. The molecule has 0 aliphatic heterocycles. The number of thiophene rings is 1. The van der Waals surface area contributed by atoms with Crippen LogP contribution >= 0.6 is 11.3 Å². The Labute approximate surface area is 88.3 Å². The van der Waals surface area contributed by atoms with Crippen molar-refractivity contribution < 1.29 is 4.79 Å². The molecule has 4 heteroatoms. The summed E-state index contributed by atoms with van der Waals surface area (Å²) in [5, 5.41) is 4.74. The van der Waals surface area contributed by atoms with Gasteiger partial charge in [0.15, 0.2) is 0 Å². The summed E-state index contributed by atoms with van der Waals surface area (Å²) < 4.78 is 0. The van der Waals surface area contributed by atoms with Crippen LogP contribution < -0.4 is 11.1 Å². The summed E-state index contributed by atoms with van der Waals surface area (Å²) in [6.45, 7) is 6.23. The Morgan fingerprint density at radius 3 is 2.71 bits per heavy atom. The van der Waals surface area contributed by atoms with E-state index in [9.17, 15) is 4.79 Å². The van der Waals surface area contributed by atoms with E-state index in [1.54, 1.807) is 11.3 Å². The number of aryl methyl sites for hydroxylation is 1. The lowest BCUT2D eigenvalue weighted by Crippen LogP contribution is -2.48. The molecule has 0 aliphatic rings. The van der Waals surface area contributed by atoms with E-state index in [0.717, 1.165) is 4.88 Å². The Hall–Kier alpha value is -0.870. The molecular weight excluding hydrogens is 196 g/mol. The molecule has 0 saturated carbocycles. The zero-order chi connectivity index (χ0) is 10.8. The number of rotatable bonds is 3. The van der Waals surface area contributed by atoms with Crippen molar-refractivity contribution in [3.05, 3.63) is 21.9 Å². The lowest BCUT2D eigenvalue weighted by atomic mass is 10.1. The lowest BCUT2D eigenvalue weighted by Gasteiger charge is -2.23. The van der Waals surface area contributed by atoms with Crippen LogP contribution in [0, 0.1) is 6.92 Å². The maximum absolute atomic E-state index is 11.7. The fourth-order valence-electron chi connectivity index (χ4n) is 0.993. The van der Waals surface area contributed by atoms with Crippen LogP contribution in [0.25, 0.3) is 0 Å². The van der Waals surface area contributed by atoms with E-state index in [-0.39, 0.29) is 11.4 Å². The van der Waals surface area contributed by atoms with Gasteiger partial charge in [0.2, 0.25) is 0 Å². The van der Waals surface area contributed by atoms with Crippen LogP contribution in [0.15, 0.2) is 11.4 Å². The molecule has 1 aromatic heterocycles. The Balaban J connectivity index is 2.68. The molecule has 3 N–H and O–H groups in total.